The zero-order valence-corrected chi connectivity index (χ0v) is 12.6. The number of fused-ring (bicyclic) bond motifs is 1. The first-order chi connectivity index (χ1) is 9.60. The molecule has 1 N–H and O–H groups in total. The van der Waals surface area contributed by atoms with Gasteiger partial charge in [-0.05, 0) is 18.6 Å². The molecule has 0 aliphatic rings. The van der Waals surface area contributed by atoms with E-state index in [0.717, 1.165) is 35.5 Å². The summed E-state index contributed by atoms with van der Waals surface area (Å²) in [6.45, 7) is 2.69. The molecule has 0 atom stereocenters. The van der Waals surface area contributed by atoms with Crippen LogP contribution in [0.3, 0.4) is 0 Å². The summed E-state index contributed by atoms with van der Waals surface area (Å²) < 4.78 is 6.23. The predicted molar refractivity (Wildman–Crippen MR) is 78.0 cm³/mol. The second kappa shape index (κ2) is 4.86. The summed E-state index contributed by atoms with van der Waals surface area (Å²) in [5, 5.41) is 8.86. The molecule has 3 aromatic heterocycles. The van der Waals surface area contributed by atoms with Gasteiger partial charge in [-0.2, -0.15) is 10.2 Å². The van der Waals surface area contributed by atoms with Gasteiger partial charge in [-0.25, -0.2) is 4.98 Å². The molecule has 0 spiro atoms. The highest BCUT2D eigenvalue weighted by molar-refractivity contribution is 7.71. The van der Waals surface area contributed by atoms with Crippen LogP contribution in [0.15, 0.2) is 6.33 Å². The van der Waals surface area contributed by atoms with Gasteiger partial charge in [0.15, 0.2) is 16.2 Å². The van der Waals surface area contributed by atoms with Crippen LogP contribution < -0.4 is 0 Å². The van der Waals surface area contributed by atoms with E-state index in [2.05, 4.69) is 27.1 Å². The van der Waals surface area contributed by atoms with E-state index in [1.54, 1.807) is 11.0 Å². The molecular formula is C12H17N7S. The van der Waals surface area contributed by atoms with Crippen molar-refractivity contribution in [3.8, 4) is 0 Å². The summed E-state index contributed by atoms with van der Waals surface area (Å²) in [6, 6.07) is 0. The molecule has 3 aromatic rings. The standard InChI is InChI=1S/C12H17N7S/c1-4-5-8-10-11(18(3)15-8)19(12(20)14-10)6-9-13-7-17(2)16-9/h7H,4-6H2,1-3H3,(H,14,20). The predicted octanol–water partition coefficient (Wildman–Crippen LogP) is 1.56. The monoisotopic (exact) mass is 291 g/mol. The molecular weight excluding hydrogens is 274 g/mol. The summed E-state index contributed by atoms with van der Waals surface area (Å²) >= 11 is 5.42. The lowest BCUT2D eigenvalue weighted by Crippen LogP contribution is -2.06. The third-order valence-corrected chi connectivity index (χ3v) is 3.58. The average molecular weight is 291 g/mol. The summed E-state index contributed by atoms with van der Waals surface area (Å²) in [6.07, 6.45) is 3.68. The van der Waals surface area contributed by atoms with Crippen LogP contribution in [0.25, 0.3) is 11.2 Å². The molecule has 0 aromatic carbocycles. The molecule has 0 radical (unpaired) electrons. The number of hydrogen-bond acceptors (Lipinski definition) is 4. The molecule has 0 unspecified atom stereocenters. The SMILES string of the molecule is CCCc1nn(C)c2c1[nH]c(=S)n2Cc1ncn(C)n1. The van der Waals surface area contributed by atoms with Crippen molar-refractivity contribution in [3.05, 3.63) is 22.6 Å². The first kappa shape index (κ1) is 13.0. The number of aryl methyl sites for hydroxylation is 3. The van der Waals surface area contributed by atoms with Crippen LogP contribution in [0, 0.1) is 4.77 Å². The summed E-state index contributed by atoms with van der Waals surface area (Å²) in [5.74, 6) is 0.739. The van der Waals surface area contributed by atoms with Gasteiger partial charge in [-0.15, -0.1) is 0 Å². The van der Waals surface area contributed by atoms with E-state index in [1.807, 2.05) is 23.3 Å². The minimum atomic E-state index is 0.546. The molecule has 3 rings (SSSR count). The van der Waals surface area contributed by atoms with Gasteiger partial charge in [0, 0.05) is 14.1 Å². The zero-order valence-electron chi connectivity index (χ0n) is 11.8. The minimum Gasteiger partial charge on any atom is -0.328 e. The highest BCUT2D eigenvalue weighted by atomic mass is 32.1. The Hall–Kier alpha value is -1.96. The van der Waals surface area contributed by atoms with Crippen molar-refractivity contribution < 1.29 is 0 Å². The van der Waals surface area contributed by atoms with Crippen LogP contribution >= 0.6 is 12.2 Å². The van der Waals surface area contributed by atoms with Crippen molar-refractivity contribution in [1.82, 2.24) is 34.1 Å². The largest absolute Gasteiger partial charge is 0.328 e. The summed E-state index contributed by atoms with van der Waals surface area (Å²) in [5.41, 5.74) is 3.07. The maximum absolute atomic E-state index is 5.42. The van der Waals surface area contributed by atoms with E-state index in [1.165, 1.54) is 0 Å². The van der Waals surface area contributed by atoms with E-state index in [-0.39, 0.29) is 0 Å². The zero-order chi connectivity index (χ0) is 14.3. The van der Waals surface area contributed by atoms with Crippen LogP contribution in [-0.2, 0) is 27.1 Å². The van der Waals surface area contributed by atoms with Crippen molar-refractivity contribution in [3.63, 3.8) is 0 Å². The molecule has 0 amide bonds. The van der Waals surface area contributed by atoms with Crippen molar-refractivity contribution in [2.45, 2.75) is 26.3 Å². The fourth-order valence-electron chi connectivity index (χ4n) is 2.43. The Balaban J connectivity index is 2.10. The first-order valence-corrected chi connectivity index (χ1v) is 7.00. The van der Waals surface area contributed by atoms with E-state index in [0.29, 0.717) is 11.3 Å². The van der Waals surface area contributed by atoms with Crippen LogP contribution in [-0.4, -0.2) is 34.1 Å². The fourth-order valence-corrected chi connectivity index (χ4v) is 2.69. The van der Waals surface area contributed by atoms with Gasteiger partial charge in [0.2, 0.25) is 0 Å². The van der Waals surface area contributed by atoms with Crippen LogP contribution in [0.1, 0.15) is 24.9 Å². The van der Waals surface area contributed by atoms with Crippen LogP contribution in [0.4, 0.5) is 0 Å². The third kappa shape index (κ3) is 2.05. The number of hydrogen-bond donors (Lipinski definition) is 1. The highest BCUT2D eigenvalue weighted by Crippen LogP contribution is 2.19. The second-order valence-electron chi connectivity index (χ2n) is 4.87. The van der Waals surface area contributed by atoms with E-state index < -0.39 is 0 Å². The number of aromatic nitrogens is 7. The fraction of sp³-hybridized carbons (Fsp3) is 0.500. The van der Waals surface area contributed by atoms with Gasteiger partial charge < -0.3 is 4.98 Å². The summed E-state index contributed by atoms with van der Waals surface area (Å²) in [7, 11) is 3.79. The Morgan fingerprint density at radius 1 is 1.30 bits per heavy atom. The average Bonchev–Trinajstić information content (AvgIpc) is 3.02. The van der Waals surface area contributed by atoms with Crippen LogP contribution in [0.5, 0.6) is 0 Å². The lowest BCUT2D eigenvalue weighted by Gasteiger charge is -2.01. The molecule has 0 saturated carbocycles. The van der Waals surface area contributed by atoms with Crippen molar-refractivity contribution >= 4 is 23.4 Å². The molecule has 20 heavy (non-hydrogen) atoms. The lowest BCUT2D eigenvalue weighted by molar-refractivity contribution is 0.674. The molecule has 0 aliphatic carbocycles. The number of rotatable bonds is 4. The van der Waals surface area contributed by atoms with Gasteiger partial charge in [0.05, 0.1) is 12.2 Å². The number of aromatic amines is 1. The van der Waals surface area contributed by atoms with Crippen LogP contribution in [0.2, 0.25) is 0 Å². The Bertz CT molecular complexity index is 804. The van der Waals surface area contributed by atoms with Gasteiger partial charge in [-0.3, -0.25) is 13.9 Å². The maximum atomic E-state index is 5.42. The topological polar surface area (TPSA) is 69.2 Å². The third-order valence-electron chi connectivity index (χ3n) is 3.26. The lowest BCUT2D eigenvalue weighted by atomic mass is 10.2. The molecule has 7 nitrogen and oxygen atoms in total. The van der Waals surface area contributed by atoms with Crippen molar-refractivity contribution in [2.24, 2.45) is 14.1 Å². The Morgan fingerprint density at radius 3 is 2.75 bits per heavy atom. The van der Waals surface area contributed by atoms with E-state index in [9.17, 15) is 0 Å². The second-order valence-corrected chi connectivity index (χ2v) is 5.26. The van der Waals surface area contributed by atoms with Crippen molar-refractivity contribution in [2.75, 3.05) is 0 Å². The van der Waals surface area contributed by atoms with Gasteiger partial charge >= 0.3 is 0 Å². The van der Waals surface area contributed by atoms with Gasteiger partial charge in [-0.1, -0.05) is 13.3 Å². The van der Waals surface area contributed by atoms with E-state index in [4.69, 9.17) is 12.2 Å². The highest BCUT2D eigenvalue weighted by Gasteiger charge is 2.15. The molecule has 0 aliphatic heterocycles. The normalized spacial score (nSPS) is 11.6. The molecule has 0 saturated heterocycles. The number of imidazole rings is 1. The van der Waals surface area contributed by atoms with E-state index >= 15 is 0 Å². The summed E-state index contributed by atoms with van der Waals surface area (Å²) in [4.78, 5) is 7.51. The smallest absolute Gasteiger partial charge is 0.179 e. The van der Waals surface area contributed by atoms with Gasteiger partial charge in [0.1, 0.15) is 11.8 Å². The first-order valence-electron chi connectivity index (χ1n) is 6.59. The molecule has 106 valence electrons. The Kier molecular flexibility index (Phi) is 3.17. The van der Waals surface area contributed by atoms with Crippen molar-refractivity contribution in [1.29, 1.82) is 0 Å². The maximum Gasteiger partial charge on any atom is 0.179 e. The number of nitrogens with one attached hydrogen (secondary N) is 1. The number of H-pyrrole nitrogens is 1. The Morgan fingerprint density at radius 2 is 2.10 bits per heavy atom. The molecule has 0 fully saturated rings. The molecule has 3 heterocycles. The minimum absolute atomic E-state index is 0.546. The molecule has 8 heteroatoms. The quantitative estimate of drug-likeness (QED) is 0.741. The Labute approximate surface area is 121 Å². The number of nitrogens with zero attached hydrogens (tertiary/aromatic N) is 6. The van der Waals surface area contributed by atoms with Gasteiger partial charge in [0.25, 0.3) is 0 Å². The molecule has 0 bridgehead atoms.